The minimum absolute atomic E-state index is 0.369. The Morgan fingerprint density at radius 3 is 2.75 bits per heavy atom. The molecule has 1 aromatic carbocycles. The highest BCUT2D eigenvalue weighted by Gasteiger charge is 2.27. The predicted octanol–water partition coefficient (Wildman–Crippen LogP) is 2.27. The van der Waals surface area contributed by atoms with Crippen molar-refractivity contribution in [3.63, 3.8) is 0 Å². The van der Waals surface area contributed by atoms with Gasteiger partial charge in [-0.25, -0.2) is 0 Å². The fraction of sp³-hybridized carbons (Fsp3) is 0.647. The van der Waals surface area contributed by atoms with Crippen LogP contribution in [0.2, 0.25) is 0 Å². The van der Waals surface area contributed by atoms with Gasteiger partial charge in [-0.2, -0.15) is 0 Å². The van der Waals surface area contributed by atoms with Crippen molar-refractivity contribution in [1.29, 1.82) is 0 Å². The van der Waals surface area contributed by atoms with Crippen molar-refractivity contribution in [3.05, 3.63) is 35.4 Å². The minimum atomic E-state index is 0.369. The first-order valence-corrected chi connectivity index (χ1v) is 7.85. The number of likely N-dealkylation sites (N-methyl/N-ethyl adjacent to an activating group) is 1. The summed E-state index contributed by atoms with van der Waals surface area (Å²) in [6.45, 7) is 5.24. The van der Waals surface area contributed by atoms with Crippen LogP contribution in [0.4, 0.5) is 0 Å². The predicted molar refractivity (Wildman–Crippen MR) is 85.9 cm³/mol. The molecule has 0 amide bonds. The Kier molecular flexibility index (Phi) is 5.58. The van der Waals surface area contributed by atoms with Crippen molar-refractivity contribution >= 4 is 0 Å². The molecule has 1 saturated heterocycles. The molecule has 2 N–H and O–H groups in total. The molecule has 0 bridgehead atoms. The zero-order valence-electron chi connectivity index (χ0n) is 13.2. The van der Waals surface area contributed by atoms with E-state index in [1.54, 1.807) is 0 Å². The van der Waals surface area contributed by atoms with Gasteiger partial charge >= 0.3 is 0 Å². The number of rotatable bonds is 5. The highest BCUT2D eigenvalue weighted by atomic mass is 15.2. The lowest BCUT2D eigenvalue weighted by Gasteiger charge is -2.40. The molecule has 20 heavy (non-hydrogen) atoms. The molecule has 1 fully saturated rings. The number of nitrogens with two attached hydrogens (primary N) is 1. The molecule has 112 valence electrons. The Morgan fingerprint density at radius 2 is 2.10 bits per heavy atom. The highest BCUT2D eigenvalue weighted by Crippen LogP contribution is 2.27. The van der Waals surface area contributed by atoms with Gasteiger partial charge in [-0.3, -0.25) is 4.90 Å². The van der Waals surface area contributed by atoms with Crippen LogP contribution in [0.3, 0.4) is 0 Å². The number of likely N-dealkylation sites (tertiary alicyclic amines) is 1. The smallest absolute Gasteiger partial charge is 0.0473 e. The number of benzene rings is 1. The Balaban J connectivity index is 2.19. The van der Waals surface area contributed by atoms with Gasteiger partial charge in [0.15, 0.2) is 0 Å². The molecule has 0 aliphatic carbocycles. The van der Waals surface area contributed by atoms with E-state index in [1.165, 1.54) is 30.5 Å². The molecular formula is C17H29N3. The van der Waals surface area contributed by atoms with E-state index in [0.717, 1.165) is 13.0 Å². The molecule has 1 aliphatic rings. The molecular weight excluding hydrogens is 246 g/mol. The molecule has 1 aliphatic heterocycles. The second-order valence-corrected chi connectivity index (χ2v) is 6.06. The van der Waals surface area contributed by atoms with Gasteiger partial charge in [-0.05, 0) is 51.0 Å². The standard InChI is InChI=1S/C17H29N3/c1-4-14-8-5-6-10-16(14)17(12-18)20-11-7-9-15(13-20)19(2)3/h5-6,8,10,15,17H,4,7,9,11-13,18H2,1-3H3. The molecule has 3 heteroatoms. The van der Waals surface area contributed by atoms with E-state index in [0.29, 0.717) is 18.6 Å². The number of piperidine rings is 1. The molecule has 3 nitrogen and oxygen atoms in total. The summed E-state index contributed by atoms with van der Waals surface area (Å²) in [5.41, 5.74) is 8.99. The SMILES string of the molecule is CCc1ccccc1C(CN)N1CCCC(N(C)C)C1. The molecule has 2 atom stereocenters. The van der Waals surface area contributed by atoms with Crippen LogP contribution in [-0.2, 0) is 6.42 Å². The van der Waals surface area contributed by atoms with Gasteiger partial charge in [0.1, 0.15) is 0 Å². The van der Waals surface area contributed by atoms with E-state index in [4.69, 9.17) is 5.73 Å². The second kappa shape index (κ2) is 7.21. The van der Waals surface area contributed by atoms with Crippen LogP contribution < -0.4 is 5.73 Å². The molecule has 2 rings (SSSR count). The summed E-state index contributed by atoms with van der Waals surface area (Å²) in [7, 11) is 4.37. The van der Waals surface area contributed by atoms with Crippen molar-refractivity contribution in [2.24, 2.45) is 5.73 Å². The van der Waals surface area contributed by atoms with Crippen LogP contribution in [0.25, 0.3) is 0 Å². The maximum atomic E-state index is 6.13. The number of aryl methyl sites for hydroxylation is 1. The molecule has 1 aromatic rings. The zero-order valence-corrected chi connectivity index (χ0v) is 13.2. The van der Waals surface area contributed by atoms with E-state index in [2.05, 4.69) is 55.1 Å². The van der Waals surface area contributed by atoms with Crippen LogP contribution in [0.5, 0.6) is 0 Å². The van der Waals surface area contributed by atoms with Gasteiger partial charge in [0.05, 0.1) is 0 Å². The molecule has 1 heterocycles. The van der Waals surface area contributed by atoms with Crippen molar-refractivity contribution in [3.8, 4) is 0 Å². The van der Waals surface area contributed by atoms with E-state index < -0.39 is 0 Å². The zero-order chi connectivity index (χ0) is 14.5. The third-order valence-electron chi connectivity index (χ3n) is 4.62. The van der Waals surface area contributed by atoms with Crippen LogP contribution in [0.1, 0.15) is 36.9 Å². The summed E-state index contributed by atoms with van der Waals surface area (Å²) < 4.78 is 0. The average Bonchev–Trinajstić information content (AvgIpc) is 2.49. The Hall–Kier alpha value is -0.900. The van der Waals surface area contributed by atoms with Gasteiger partial charge in [-0.15, -0.1) is 0 Å². The number of hydrogen-bond acceptors (Lipinski definition) is 3. The van der Waals surface area contributed by atoms with Gasteiger partial charge < -0.3 is 10.6 Å². The quantitative estimate of drug-likeness (QED) is 0.895. The number of hydrogen-bond donors (Lipinski definition) is 1. The maximum absolute atomic E-state index is 6.13. The Morgan fingerprint density at radius 1 is 1.35 bits per heavy atom. The molecule has 0 saturated carbocycles. The summed E-state index contributed by atoms with van der Waals surface area (Å²) >= 11 is 0. The fourth-order valence-electron chi connectivity index (χ4n) is 3.34. The van der Waals surface area contributed by atoms with Gasteiger partial charge in [0.25, 0.3) is 0 Å². The van der Waals surface area contributed by atoms with E-state index >= 15 is 0 Å². The summed E-state index contributed by atoms with van der Waals surface area (Å²) in [5, 5.41) is 0. The van der Waals surface area contributed by atoms with Crippen LogP contribution in [0, 0.1) is 0 Å². The second-order valence-electron chi connectivity index (χ2n) is 6.06. The Labute approximate surface area is 123 Å². The van der Waals surface area contributed by atoms with Crippen molar-refractivity contribution in [2.75, 3.05) is 33.7 Å². The fourth-order valence-corrected chi connectivity index (χ4v) is 3.34. The molecule has 2 unspecified atom stereocenters. The molecule has 0 aromatic heterocycles. The average molecular weight is 275 g/mol. The van der Waals surface area contributed by atoms with E-state index in [-0.39, 0.29) is 0 Å². The minimum Gasteiger partial charge on any atom is -0.329 e. The van der Waals surface area contributed by atoms with E-state index in [9.17, 15) is 0 Å². The van der Waals surface area contributed by atoms with Crippen molar-refractivity contribution in [2.45, 2.75) is 38.3 Å². The van der Waals surface area contributed by atoms with Gasteiger partial charge in [0.2, 0.25) is 0 Å². The van der Waals surface area contributed by atoms with Gasteiger partial charge in [-0.1, -0.05) is 31.2 Å². The normalized spacial score (nSPS) is 22.1. The first-order chi connectivity index (χ1) is 9.67. The number of nitrogens with zero attached hydrogens (tertiary/aromatic N) is 2. The first kappa shape index (κ1) is 15.5. The lowest BCUT2D eigenvalue weighted by atomic mass is 9.94. The Bertz CT molecular complexity index is 416. The lowest BCUT2D eigenvalue weighted by Crippen LogP contribution is -2.48. The van der Waals surface area contributed by atoms with Crippen molar-refractivity contribution < 1.29 is 0 Å². The first-order valence-electron chi connectivity index (χ1n) is 7.85. The lowest BCUT2D eigenvalue weighted by molar-refractivity contribution is 0.0981. The summed E-state index contributed by atoms with van der Waals surface area (Å²) in [5.74, 6) is 0. The third-order valence-corrected chi connectivity index (χ3v) is 4.62. The van der Waals surface area contributed by atoms with Crippen LogP contribution >= 0.6 is 0 Å². The topological polar surface area (TPSA) is 32.5 Å². The largest absolute Gasteiger partial charge is 0.329 e. The molecule has 0 spiro atoms. The summed E-state index contributed by atoms with van der Waals surface area (Å²) in [6.07, 6.45) is 3.65. The van der Waals surface area contributed by atoms with Crippen LogP contribution in [-0.4, -0.2) is 49.6 Å². The molecule has 0 radical (unpaired) electrons. The monoisotopic (exact) mass is 275 g/mol. The maximum Gasteiger partial charge on any atom is 0.0473 e. The summed E-state index contributed by atoms with van der Waals surface area (Å²) in [4.78, 5) is 4.94. The third kappa shape index (κ3) is 3.40. The highest BCUT2D eigenvalue weighted by molar-refractivity contribution is 5.30. The van der Waals surface area contributed by atoms with E-state index in [1.807, 2.05) is 0 Å². The summed E-state index contributed by atoms with van der Waals surface area (Å²) in [6, 6.07) is 9.81. The van der Waals surface area contributed by atoms with Crippen molar-refractivity contribution in [1.82, 2.24) is 9.80 Å². The van der Waals surface area contributed by atoms with Crippen LogP contribution in [0.15, 0.2) is 24.3 Å². The van der Waals surface area contributed by atoms with Gasteiger partial charge in [0, 0.05) is 25.2 Å².